The Balaban J connectivity index is 2.94. The van der Waals surface area contributed by atoms with Crippen molar-refractivity contribution in [2.45, 2.75) is 31.7 Å². The van der Waals surface area contributed by atoms with Gasteiger partial charge in [-0.05, 0) is 6.07 Å². The minimum Gasteiger partial charge on any atom is -0.373 e. The molecule has 0 fully saturated rings. The number of aromatic nitrogens is 1. The first-order valence-corrected chi connectivity index (χ1v) is 4.63. The normalized spacial score (nSPS) is 14.2. The monoisotopic (exact) mass is 199 g/mol. The average molecular weight is 200 g/mol. The van der Waals surface area contributed by atoms with Gasteiger partial charge in [0.2, 0.25) is 0 Å². The van der Waals surface area contributed by atoms with E-state index in [2.05, 4.69) is 25.8 Å². The Hall–Kier alpha value is -0.600. The highest BCUT2D eigenvalue weighted by Gasteiger charge is 2.15. The van der Waals surface area contributed by atoms with Gasteiger partial charge in [0.1, 0.15) is 0 Å². The van der Waals surface area contributed by atoms with Gasteiger partial charge in [0.25, 0.3) is 0 Å². The molecule has 1 atom stereocenters. The van der Waals surface area contributed by atoms with Crippen LogP contribution in [-0.2, 0) is 5.41 Å². The largest absolute Gasteiger partial charge is 0.373 e. The molecule has 0 amide bonds. The maximum atomic E-state index is 9.04. The molecule has 0 aliphatic rings. The fourth-order valence-corrected chi connectivity index (χ4v) is 1.12. The molecule has 3 heteroatoms. The molecule has 1 unspecified atom stereocenters. The number of hydrogen-bond acceptors (Lipinski definition) is 2. The molecule has 1 aromatic heterocycles. The molecule has 0 aliphatic carbocycles. The van der Waals surface area contributed by atoms with E-state index in [-0.39, 0.29) is 5.41 Å². The number of aliphatic hydroxyl groups is 1. The Kier molecular flexibility index (Phi) is 2.94. The lowest BCUT2D eigenvalue weighted by Crippen LogP contribution is -2.13. The van der Waals surface area contributed by atoms with Crippen molar-refractivity contribution in [3.05, 3.63) is 29.6 Å². The van der Waals surface area contributed by atoms with Gasteiger partial charge in [0.15, 0.2) is 5.56 Å². The summed E-state index contributed by atoms with van der Waals surface area (Å²) in [6.45, 7) is 6.27. The van der Waals surface area contributed by atoms with Crippen LogP contribution in [0.2, 0.25) is 0 Å². The maximum Gasteiger partial charge on any atom is 0.155 e. The van der Waals surface area contributed by atoms with Crippen molar-refractivity contribution in [3.8, 4) is 0 Å². The molecular weight excluding hydrogens is 186 g/mol. The van der Waals surface area contributed by atoms with Crippen LogP contribution in [0.5, 0.6) is 0 Å². The summed E-state index contributed by atoms with van der Waals surface area (Å²) in [7, 11) is 0. The minimum atomic E-state index is -0.957. The molecule has 1 aromatic rings. The highest BCUT2D eigenvalue weighted by atomic mass is 35.5. The van der Waals surface area contributed by atoms with Crippen molar-refractivity contribution < 1.29 is 5.11 Å². The quantitative estimate of drug-likeness (QED) is 0.706. The number of aliphatic hydroxyl groups excluding tert-OH is 1. The van der Waals surface area contributed by atoms with Gasteiger partial charge in [0, 0.05) is 22.9 Å². The lowest BCUT2D eigenvalue weighted by Gasteiger charge is -2.17. The zero-order chi connectivity index (χ0) is 10.1. The van der Waals surface area contributed by atoms with Gasteiger partial charge in [-0.15, -0.1) is 0 Å². The van der Waals surface area contributed by atoms with E-state index in [1.54, 1.807) is 12.3 Å². The lowest BCUT2D eigenvalue weighted by molar-refractivity contribution is 0.262. The zero-order valence-corrected chi connectivity index (χ0v) is 8.84. The Bertz CT molecular complexity index is 274. The molecule has 0 spiro atoms. The highest BCUT2D eigenvalue weighted by molar-refractivity contribution is 6.19. The van der Waals surface area contributed by atoms with Crippen LogP contribution in [0.4, 0.5) is 0 Å². The smallest absolute Gasteiger partial charge is 0.155 e. The molecule has 1 N–H and O–H groups in total. The third kappa shape index (κ3) is 2.68. The molecule has 0 bridgehead atoms. The van der Waals surface area contributed by atoms with Crippen LogP contribution in [0.1, 0.15) is 37.6 Å². The molecule has 2 nitrogen and oxygen atoms in total. The van der Waals surface area contributed by atoms with Crippen molar-refractivity contribution in [1.82, 2.24) is 4.98 Å². The predicted molar refractivity (Wildman–Crippen MR) is 53.7 cm³/mol. The van der Waals surface area contributed by atoms with Gasteiger partial charge in [-0.1, -0.05) is 38.4 Å². The molecule has 1 heterocycles. The molecule has 0 radical (unpaired) electrons. The van der Waals surface area contributed by atoms with Crippen molar-refractivity contribution in [3.63, 3.8) is 0 Å². The fraction of sp³-hybridized carbons (Fsp3) is 0.500. The second-order valence-corrected chi connectivity index (χ2v) is 4.48. The summed E-state index contributed by atoms with van der Waals surface area (Å²) in [6.07, 6.45) is 1.61. The van der Waals surface area contributed by atoms with Gasteiger partial charge in [-0.3, -0.25) is 4.98 Å². The first kappa shape index (κ1) is 10.5. The van der Waals surface area contributed by atoms with Gasteiger partial charge in [-0.25, -0.2) is 0 Å². The second kappa shape index (κ2) is 3.64. The summed E-state index contributed by atoms with van der Waals surface area (Å²) in [5.74, 6) is 0. The third-order valence-corrected chi connectivity index (χ3v) is 2.08. The zero-order valence-electron chi connectivity index (χ0n) is 8.08. The van der Waals surface area contributed by atoms with Crippen molar-refractivity contribution in [2.75, 3.05) is 0 Å². The predicted octanol–water partition coefficient (Wildman–Crippen LogP) is 2.61. The second-order valence-electron chi connectivity index (χ2n) is 4.06. The summed E-state index contributed by atoms with van der Waals surface area (Å²) >= 11 is 5.49. The standard InChI is InChI=1S/C10H14ClNO/c1-10(2,3)8-5-4-7(6-12-8)9(11)13/h4-6,9,13H,1-3H3. The van der Waals surface area contributed by atoms with Gasteiger partial charge in [0.05, 0.1) is 0 Å². The molecule has 0 saturated heterocycles. The van der Waals surface area contributed by atoms with Crippen LogP contribution in [-0.4, -0.2) is 10.1 Å². The van der Waals surface area contributed by atoms with Gasteiger partial charge in [-0.2, -0.15) is 0 Å². The molecule has 13 heavy (non-hydrogen) atoms. The van der Waals surface area contributed by atoms with E-state index < -0.39 is 5.56 Å². The summed E-state index contributed by atoms with van der Waals surface area (Å²) in [5, 5.41) is 9.04. The van der Waals surface area contributed by atoms with E-state index in [9.17, 15) is 0 Å². The Labute approximate surface area is 83.6 Å². The topological polar surface area (TPSA) is 33.1 Å². The van der Waals surface area contributed by atoms with Crippen LogP contribution < -0.4 is 0 Å². The number of pyridine rings is 1. The Morgan fingerprint density at radius 3 is 2.31 bits per heavy atom. The fourth-order valence-electron chi connectivity index (χ4n) is 0.990. The van der Waals surface area contributed by atoms with Gasteiger partial charge < -0.3 is 5.11 Å². The molecule has 0 aliphatic heterocycles. The summed E-state index contributed by atoms with van der Waals surface area (Å²) in [6, 6.07) is 3.69. The number of hydrogen-bond donors (Lipinski definition) is 1. The van der Waals surface area contributed by atoms with Crippen LogP contribution in [0.25, 0.3) is 0 Å². The maximum absolute atomic E-state index is 9.04. The lowest BCUT2D eigenvalue weighted by atomic mass is 9.91. The van der Waals surface area contributed by atoms with E-state index in [4.69, 9.17) is 16.7 Å². The third-order valence-electron chi connectivity index (χ3n) is 1.83. The van der Waals surface area contributed by atoms with Crippen molar-refractivity contribution in [2.24, 2.45) is 0 Å². The molecule has 72 valence electrons. The number of alkyl halides is 1. The molecule has 0 saturated carbocycles. The van der Waals surface area contributed by atoms with E-state index in [1.807, 2.05) is 6.07 Å². The Morgan fingerprint density at radius 2 is 2.00 bits per heavy atom. The van der Waals surface area contributed by atoms with E-state index in [0.717, 1.165) is 5.69 Å². The van der Waals surface area contributed by atoms with Crippen molar-refractivity contribution in [1.29, 1.82) is 0 Å². The van der Waals surface area contributed by atoms with E-state index in [0.29, 0.717) is 5.56 Å². The SMILES string of the molecule is CC(C)(C)c1ccc(C(O)Cl)cn1. The van der Waals surface area contributed by atoms with Crippen LogP contribution >= 0.6 is 11.6 Å². The van der Waals surface area contributed by atoms with Crippen LogP contribution in [0, 0.1) is 0 Å². The number of halogens is 1. The van der Waals surface area contributed by atoms with Crippen molar-refractivity contribution >= 4 is 11.6 Å². The summed E-state index contributed by atoms with van der Waals surface area (Å²) in [4.78, 5) is 4.23. The van der Waals surface area contributed by atoms with E-state index >= 15 is 0 Å². The van der Waals surface area contributed by atoms with Crippen LogP contribution in [0.15, 0.2) is 18.3 Å². The number of nitrogens with zero attached hydrogens (tertiary/aromatic N) is 1. The Morgan fingerprint density at radius 1 is 1.38 bits per heavy atom. The van der Waals surface area contributed by atoms with Crippen LogP contribution in [0.3, 0.4) is 0 Å². The number of rotatable bonds is 1. The highest BCUT2D eigenvalue weighted by Crippen LogP contribution is 2.22. The minimum absolute atomic E-state index is 0.0375. The van der Waals surface area contributed by atoms with E-state index in [1.165, 1.54) is 0 Å². The molecular formula is C10H14ClNO. The molecule has 0 aromatic carbocycles. The average Bonchev–Trinajstić information content (AvgIpc) is 2.03. The first-order valence-electron chi connectivity index (χ1n) is 4.20. The summed E-state index contributed by atoms with van der Waals surface area (Å²) < 4.78 is 0. The summed E-state index contributed by atoms with van der Waals surface area (Å²) in [5.41, 5.74) is 0.709. The van der Waals surface area contributed by atoms with Gasteiger partial charge >= 0.3 is 0 Å². The molecule has 1 rings (SSSR count). The first-order chi connectivity index (χ1) is 5.91.